The van der Waals surface area contributed by atoms with E-state index in [9.17, 15) is 8.42 Å². The Morgan fingerprint density at radius 1 is 1.24 bits per heavy atom. The van der Waals surface area contributed by atoms with Gasteiger partial charge in [-0.2, -0.15) is 0 Å². The quantitative estimate of drug-likeness (QED) is 0.770. The highest BCUT2D eigenvalue weighted by molar-refractivity contribution is 7.89. The van der Waals surface area contributed by atoms with Gasteiger partial charge in [0, 0.05) is 18.7 Å². The van der Waals surface area contributed by atoms with E-state index in [2.05, 4.69) is 23.9 Å². The zero-order valence-corrected chi connectivity index (χ0v) is 14.3. The highest BCUT2D eigenvalue weighted by atomic mass is 32.2. The molecule has 0 saturated carbocycles. The standard InChI is InChI=1S/C15H26N2O3S/c1-11(2)12(3)9-17-21(18,19)14-6-7-15(20-5)13(8-14)10-16-4/h6-8,11-12,16-17H,9-10H2,1-5H3. The van der Waals surface area contributed by atoms with Crippen LogP contribution in [0, 0.1) is 11.8 Å². The van der Waals surface area contributed by atoms with E-state index in [-0.39, 0.29) is 10.8 Å². The number of sulfonamides is 1. The Kier molecular flexibility index (Phi) is 6.64. The molecule has 0 fully saturated rings. The van der Waals surface area contributed by atoms with E-state index in [1.807, 2.05) is 14.0 Å². The number of hydrogen-bond acceptors (Lipinski definition) is 4. The van der Waals surface area contributed by atoms with Crippen LogP contribution in [0.5, 0.6) is 5.75 Å². The summed E-state index contributed by atoms with van der Waals surface area (Å²) in [6.07, 6.45) is 0. The second kappa shape index (κ2) is 7.77. The lowest BCUT2D eigenvalue weighted by Crippen LogP contribution is -2.30. The molecule has 1 aromatic rings. The second-order valence-electron chi connectivity index (χ2n) is 5.58. The van der Waals surface area contributed by atoms with Crippen molar-refractivity contribution in [3.8, 4) is 5.75 Å². The van der Waals surface area contributed by atoms with Gasteiger partial charge >= 0.3 is 0 Å². The molecule has 0 bridgehead atoms. The maximum absolute atomic E-state index is 12.3. The van der Waals surface area contributed by atoms with Gasteiger partial charge in [-0.15, -0.1) is 0 Å². The van der Waals surface area contributed by atoms with Crippen molar-refractivity contribution >= 4 is 10.0 Å². The Morgan fingerprint density at radius 2 is 1.90 bits per heavy atom. The first-order valence-electron chi connectivity index (χ1n) is 7.13. The molecule has 0 heterocycles. The second-order valence-corrected chi connectivity index (χ2v) is 7.34. The summed E-state index contributed by atoms with van der Waals surface area (Å²) in [5, 5.41) is 3.01. The summed E-state index contributed by atoms with van der Waals surface area (Å²) in [6, 6.07) is 4.91. The van der Waals surface area contributed by atoms with Crippen molar-refractivity contribution in [1.29, 1.82) is 0 Å². The summed E-state index contributed by atoms with van der Waals surface area (Å²) < 4.78 is 32.6. The first kappa shape index (κ1) is 17.9. The van der Waals surface area contributed by atoms with Gasteiger partial charge in [0.15, 0.2) is 0 Å². The van der Waals surface area contributed by atoms with Crippen molar-refractivity contribution in [1.82, 2.24) is 10.0 Å². The molecule has 1 atom stereocenters. The van der Waals surface area contributed by atoms with E-state index in [0.717, 1.165) is 5.56 Å². The first-order chi connectivity index (χ1) is 9.81. The zero-order chi connectivity index (χ0) is 16.0. The Morgan fingerprint density at radius 3 is 2.43 bits per heavy atom. The smallest absolute Gasteiger partial charge is 0.240 e. The minimum atomic E-state index is -3.49. The van der Waals surface area contributed by atoms with Crippen molar-refractivity contribution in [3.63, 3.8) is 0 Å². The van der Waals surface area contributed by atoms with Gasteiger partial charge in [-0.25, -0.2) is 13.1 Å². The number of ether oxygens (including phenoxy) is 1. The molecule has 120 valence electrons. The average molecular weight is 314 g/mol. The van der Waals surface area contributed by atoms with Crippen molar-refractivity contribution in [2.75, 3.05) is 20.7 Å². The van der Waals surface area contributed by atoms with Gasteiger partial charge in [-0.05, 0) is 37.1 Å². The SMILES string of the molecule is CNCc1cc(S(=O)(=O)NCC(C)C(C)C)ccc1OC. The summed E-state index contributed by atoms with van der Waals surface area (Å²) in [5.74, 6) is 1.40. The van der Waals surface area contributed by atoms with Crippen LogP contribution in [-0.4, -0.2) is 29.1 Å². The highest BCUT2D eigenvalue weighted by Gasteiger charge is 2.18. The lowest BCUT2D eigenvalue weighted by Gasteiger charge is -2.17. The van der Waals surface area contributed by atoms with Crippen LogP contribution in [0.4, 0.5) is 0 Å². The molecular formula is C15H26N2O3S. The topological polar surface area (TPSA) is 67.4 Å². The highest BCUT2D eigenvalue weighted by Crippen LogP contribution is 2.22. The van der Waals surface area contributed by atoms with Crippen LogP contribution in [0.25, 0.3) is 0 Å². The number of hydrogen-bond donors (Lipinski definition) is 2. The molecule has 1 rings (SSSR count). The summed E-state index contributed by atoms with van der Waals surface area (Å²) in [5.41, 5.74) is 0.819. The molecule has 0 aliphatic rings. The largest absolute Gasteiger partial charge is 0.496 e. The number of rotatable bonds is 8. The van der Waals surface area contributed by atoms with Crippen LogP contribution in [0.2, 0.25) is 0 Å². The van der Waals surface area contributed by atoms with Crippen molar-refractivity contribution < 1.29 is 13.2 Å². The minimum absolute atomic E-state index is 0.268. The fourth-order valence-electron chi connectivity index (χ4n) is 1.81. The summed E-state index contributed by atoms with van der Waals surface area (Å²) >= 11 is 0. The van der Waals surface area contributed by atoms with E-state index in [0.29, 0.717) is 24.8 Å². The van der Waals surface area contributed by atoms with E-state index < -0.39 is 10.0 Å². The molecule has 0 spiro atoms. The van der Waals surface area contributed by atoms with Crippen molar-refractivity contribution in [2.45, 2.75) is 32.2 Å². The third-order valence-corrected chi connectivity index (χ3v) is 5.08. The first-order valence-corrected chi connectivity index (χ1v) is 8.61. The fourth-order valence-corrected chi connectivity index (χ4v) is 3.00. The van der Waals surface area contributed by atoms with Crippen LogP contribution < -0.4 is 14.8 Å². The van der Waals surface area contributed by atoms with Gasteiger partial charge in [0.05, 0.1) is 12.0 Å². The van der Waals surface area contributed by atoms with Crippen molar-refractivity contribution in [2.24, 2.45) is 11.8 Å². The van der Waals surface area contributed by atoms with E-state index in [1.165, 1.54) is 0 Å². The number of methoxy groups -OCH3 is 1. The molecule has 1 aromatic carbocycles. The van der Waals surface area contributed by atoms with Gasteiger partial charge in [0.1, 0.15) is 5.75 Å². The van der Waals surface area contributed by atoms with E-state index in [4.69, 9.17) is 4.74 Å². The fraction of sp³-hybridized carbons (Fsp3) is 0.600. The Hall–Kier alpha value is -1.11. The maximum atomic E-state index is 12.3. The Bertz CT molecular complexity index is 556. The van der Waals surface area contributed by atoms with Crippen LogP contribution in [0.15, 0.2) is 23.1 Å². The number of benzene rings is 1. The van der Waals surface area contributed by atoms with Gasteiger partial charge in [0.25, 0.3) is 0 Å². The van der Waals surface area contributed by atoms with E-state index in [1.54, 1.807) is 25.3 Å². The monoisotopic (exact) mass is 314 g/mol. The van der Waals surface area contributed by atoms with Gasteiger partial charge < -0.3 is 10.1 Å². The zero-order valence-electron chi connectivity index (χ0n) is 13.4. The van der Waals surface area contributed by atoms with Gasteiger partial charge in [-0.3, -0.25) is 0 Å². The van der Waals surface area contributed by atoms with Crippen LogP contribution in [-0.2, 0) is 16.6 Å². The van der Waals surface area contributed by atoms with Crippen LogP contribution in [0.3, 0.4) is 0 Å². The van der Waals surface area contributed by atoms with Crippen molar-refractivity contribution in [3.05, 3.63) is 23.8 Å². The molecule has 0 amide bonds. The summed E-state index contributed by atoms with van der Waals surface area (Å²) in [4.78, 5) is 0.268. The molecule has 0 aromatic heterocycles. The van der Waals surface area contributed by atoms with Crippen LogP contribution >= 0.6 is 0 Å². The molecule has 5 nitrogen and oxygen atoms in total. The predicted octanol–water partition coefficient (Wildman–Crippen LogP) is 1.98. The van der Waals surface area contributed by atoms with E-state index >= 15 is 0 Å². The molecule has 0 aliphatic heterocycles. The Labute approximate surface area is 128 Å². The lowest BCUT2D eigenvalue weighted by atomic mass is 9.99. The molecule has 6 heteroatoms. The Balaban J connectivity index is 2.95. The van der Waals surface area contributed by atoms with Gasteiger partial charge in [0.2, 0.25) is 10.0 Å². The minimum Gasteiger partial charge on any atom is -0.496 e. The number of nitrogens with one attached hydrogen (secondary N) is 2. The lowest BCUT2D eigenvalue weighted by molar-refractivity contribution is 0.407. The third kappa shape index (κ3) is 4.98. The predicted molar refractivity (Wildman–Crippen MR) is 84.9 cm³/mol. The summed E-state index contributed by atoms with van der Waals surface area (Å²) in [7, 11) is -0.105. The molecule has 0 radical (unpaired) electrons. The molecular weight excluding hydrogens is 288 g/mol. The van der Waals surface area contributed by atoms with Gasteiger partial charge in [-0.1, -0.05) is 20.8 Å². The molecule has 0 aliphatic carbocycles. The maximum Gasteiger partial charge on any atom is 0.240 e. The molecule has 2 N–H and O–H groups in total. The van der Waals surface area contributed by atoms with Crippen LogP contribution in [0.1, 0.15) is 26.3 Å². The molecule has 1 unspecified atom stereocenters. The summed E-state index contributed by atoms with van der Waals surface area (Å²) in [6.45, 7) is 7.19. The molecule has 0 saturated heterocycles. The third-order valence-electron chi connectivity index (χ3n) is 3.66. The molecule has 21 heavy (non-hydrogen) atoms. The average Bonchev–Trinajstić information content (AvgIpc) is 2.45. The normalized spacial score (nSPS) is 13.4.